The first-order chi connectivity index (χ1) is 51.0. The first kappa shape index (κ1) is 103. The van der Waals surface area contributed by atoms with E-state index in [1.54, 1.807) is 17.7 Å². The van der Waals surface area contributed by atoms with Crippen molar-refractivity contribution in [2.24, 2.45) is 14.1 Å². The number of nitrogen functional groups attached to an aromatic ring is 2. The molecule has 13 N–H and O–H groups in total. The number of aliphatic hydroxyl groups is 4. The first-order valence-electron chi connectivity index (χ1n) is 35.0. The third-order valence-electron chi connectivity index (χ3n) is 19.1. The Balaban J connectivity index is 0.000000455. The normalized spacial score (nSPS) is 14.4. The molecule has 0 bridgehead atoms. The molecule has 599 valence electrons. The standard InChI is InChI=1S/C21H25N6O.C15H15ClN3O.C11H13NO2.C10H13NO.C7H6INO.C6H11N3.C5H3Cl2N2.C4H6O.3CH4.3Y/c1-13-12-22-20(24-18-14(2)26-27(4)15(18)3)25-19(13)23-17-9-6-5-8-16(17)21(28)10-7-11-21;1-10-9-17-14(16)19-13(10)18-12-6-3-2-5-11(12)15(20)7-4-8-15;13-8-12-10-5-2-1-4-9(10)11(14)6-3-7-11;11-9-5-2-1-4-8(9)10(12)6-3-7-10;8-6-3-1-2-4-7(6)9-5-10;1-4-6(7)5(2)9(3)8-4;1-3-2-8-5(7)9-4(3)6;5-4-2-1-3-4;;;;;;/h5-6,8-9,28H,7,10-11H2,1-4H3,(H2,22,23,24,25);2-3,5-6,20H,4,7-8H2,1H3,(H,17,18,19);1-2,4-5,8,14H,3,6-7H2,(H,12,13);1-2,4-5,12H,3,6-7,11H2;1-5H,(H,9,10);7H2,1-3H3;1H3;1-3H2;3*1H4;;;/q2*-1;;;;;-1;;;;;;;. The Hall–Kier alpha value is -5.88. The molecule has 0 spiro atoms. The van der Waals surface area contributed by atoms with E-state index in [1.165, 1.54) is 0 Å². The number of benzene rings is 5. The summed E-state index contributed by atoms with van der Waals surface area (Å²) in [7, 11) is 3.80. The molecule has 15 rings (SSSR count). The average molecular weight is 1940 g/mol. The molecule has 5 aromatic carbocycles. The van der Waals surface area contributed by atoms with Crippen molar-refractivity contribution in [1.82, 2.24) is 49.5 Å². The number of aromatic nitrogens is 10. The van der Waals surface area contributed by atoms with Crippen molar-refractivity contribution in [2.45, 2.75) is 189 Å². The van der Waals surface area contributed by atoms with Gasteiger partial charge in [0.15, 0.2) is 0 Å². The van der Waals surface area contributed by atoms with E-state index >= 15 is 0 Å². The first-order valence-corrected chi connectivity index (χ1v) is 37.2. The molecule has 0 atom stereocenters. The molecule has 5 fully saturated rings. The quantitative estimate of drug-likeness (QED) is 0.0120. The van der Waals surface area contributed by atoms with Crippen LogP contribution in [-0.2, 0) is 149 Å². The Morgan fingerprint density at radius 2 is 0.832 bits per heavy atom. The molecule has 5 heterocycles. The Morgan fingerprint density at radius 1 is 0.469 bits per heavy atom. The Labute approximate surface area is 769 Å². The number of rotatable bonds is 14. The van der Waals surface area contributed by atoms with Crippen LogP contribution in [-0.4, -0.2) is 88.5 Å². The number of aryl methyl sites for hydroxylation is 7. The second kappa shape index (κ2) is 48.7. The van der Waals surface area contributed by atoms with E-state index in [0.717, 1.165) is 184 Å². The second-order valence-electron chi connectivity index (χ2n) is 26.6. The SMILES string of the molecule is C.C.C.Cc1[c-]nc(Cl)nc1Cl.Cc1[c-]nc(Cl)nc1Nc1ccccc1C1(O)CCC1.Cc1[c-]nc(Nc2c(C)nn(C)c2C)nc1Nc1ccccc1C1(O)CCC1.Cc1nn(C)c(C)c1N.Nc1ccccc1C1(O)CCC1.O=C1CCC1.O=CNc1ccccc1C1(O)CCC1.O=CNc1ccccc1I.[Y].[Y].[Y]. The van der Waals surface area contributed by atoms with Gasteiger partial charge in [-0.05, 0) is 170 Å². The van der Waals surface area contributed by atoms with E-state index in [0.29, 0.717) is 58.3 Å². The molecule has 2 amide bonds. The van der Waals surface area contributed by atoms with Gasteiger partial charge in [-0.1, -0.05) is 147 Å². The largest absolute Gasteiger partial charge is 0.398 e. The maximum atomic E-state index is 10.8. The molecule has 5 aliphatic rings. The van der Waals surface area contributed by atoms with Gasteiger partial charge >= 0.3 is 0 Å². The van der Waals surface area contributed by atoms with Gasteiger partial charge in [0.25, 0.3) is 0 Å². The van der Waals surface area contributed by atoms with Crippen molar-refractivity contribution in [1.29, 1.82) is 0 Å². The zero-order chi connectivity index (χ0) is 77.6. The smallest absolute Gasteiger partial charge is 0.211 e. The van der Waals surface area contributed by atoms with Crippen LogP contribution in [0.1, 0.15) is 180 Å². The summed E-state index contributed by atoms with van der Waals surface area (Å²) in [6.45, 7) is 13.3. The summed E-state index contributed by atoms with van der Waals surface area (Å²) >= 11 is 18.9. The van der Waals surface area contributed by atoms with Crippen LogP contribution >= 0.6 is 57.4 Å². The van der Waals surface area contributed by atoms with Crippen LogP contribution in [0, 0.1) is 70.6 Å². The Bertz CT molecular complexity index is 4650. The molecule has 113 heavy (non-hydrogen) atoms. The average Bonchev–Trinajstić information content (AvgIpc) is 1.44. The van der Waals surface area contributed by atoms with Gasteiger partial charge in [-0.3, -0.25) is 23.7 Å². The van der Waals surface area contributed by atoms with Crippen LogP contribution in [0.2, 0.25) is 15.7 Å². The summed E-state index contributed by atoms with van der Waals surface area (Å²) in [5.74, 6) is 2.16. The van der Waals surface area contributed by atoms with Crippen molar-refractivity contribution in [3.05, 3.63) is 221 Å². The van der Waals surface area contributed by atoms with Gasteiger partial charge in [0, 0.05) is 190 Å². The molecular weight excluding hydrogens is 1830 g/mol. The number of para-hydroxylation sites is 5. The predicted molar refractivity (Wildman–Crippen MR) is 450 cm³/mol. The van der Waals surface area contributed by atoms with Gasteiger partial charge in [-0.15, -0.1) is 51.5 Å². The number of nitrogens with two attached hydrogens (primary N) is 2. The van der Waals surface area contributed by atoms with E-state index in [1.807, 2.05) is 176 Å². The summed E-state index contributed by atoms with van der Waals surface area (Å²) in [4.78, 5) is 54.4. The number of Topliss-reactive ketones (excluding diaryl/α,β-unsaturated/α-hetero) is 1. The fraction of sp³-hybridized carbons (Fsp3) is 0.378. The fourth-order valence-corrected chi connectivity index (χ4v) is 12.6. The molecular formula is C82H104Cl3IN17O7Y3-3. The van der Waals surface area contributed by atoms with Crippen molar-refractivity contribution < 1.29 is 133 Å². The van der Waals surface area contributed by atoms with Crippen LogP contribution in [0.4, 0.5) is 57.4 Å². The molecule has 5 aromatic heterocycles. The molecule has 31 heteroatoms. The molecule has 5 saturated carbocycles. The van der Waals surface area contributed by atoms with Crippen molar-refractivity contribution in [2.75, 3.05) is 38.1 Å². The van der Waals surface area contributed by atoms with Crippen molar-refractivity contribution in [3.8, 4) is 0 Å². The zero-order valence-corrected chi connectivity index (χ0v) is 76.1. The second-order valence-corrected chi connectivity index (χ2v) is 28.8. The maximum absolute atomic E-state index is 10.8. The maximum Gasteiger partial charge on any atom is 0.211 e. The molecule has 0 saturated heterocycles. The third kappa shape index (κ3) is 28.7. The molecule has 0 unspecified atom stereocenters. The molecule has 24 nitrogen and oxygen atoms in total. The predicted octanol–water partition coefficient (Wildman–Crippen LogP) is 17.4. The van der Waals surface area contributed by atoms with Crippen LogP contribution in [0.15, 0.2) is 121 Å². The fourth-order valence-electron chi connectivity index (χ4n) is 11.6. The topological polar surface area (TPSA) is 357 Å². The van der Waals surface area contributed by atoms with E-state index < -0.39 is 22.4 Å². The number of carbonyl (C=O) groups excluding carboxylic acids is 3. The summed E-state index contributed by atoms with van der Waals surface area (Å²) in [6.07, 6.45) is 23.2. The number of carbonyl (C=O) groups is 3. The number of halogens is 4. The number of hydrogen-bond acceptors (Lipinski definition) is 20. The summed E-state index contributed by atoms with van der Waals surface area (Å²) < 4.78 is 4.65. The van der Waals surface area contributed by atoms with Crippen molar-refractivity contribution in [3.63, 3.8) is 0 Å². The Morgan fingerprint density at radius 3 is 1.19 bits per heavy atom. The molecule has 3 radical (unpaired) electrons. The number of anilines is 10. The Kier molecular flexibility index (Phi) is 44.5. The minimum Gasteiger partial charge on any atom is -0.398 e. The molecule has 10 aromatic rings. The van der Waals surface area contributed by atoms with Gasteiger partial charge < -0.3 is 88.4 Å². The molecule has 0 aliphatic heterocycles. The van der Waals surface area contributed by atoms with Gasteiger partial charge in [0.2, 0.25) is 12.8 Å². The van der Waals surface area contributed by atoms with Crippen LogP contribution < -0.4 is 38.1 Å². The van der Waals surface area contributed by atoms with Gasteiger partial charge in [-0.25, -0.2) is 0 Å². The van der Waals surface area contributed by atoms with Crippen LogP contribution in [0.3, 0.4) is 0 Å². The summed E-state index contributed by atoms with van der Waals surface area (Å²) in [5.41, 5.74) is 23.9. The van der Waals surface area contributed by atoms with Crippen LogP contribution in [0.25, 0.3) is 0 Å². The number of ketones is 1. The molecule has 5 aliphatic carbocycles. The van der Waals surface area contributed by atoms with E-state index in [4.69, 9.17) is 46.3 Å². The summed E-state index contributed by atoms with van der Waals surface area (Å²) in [6, 6.07) is 38.1. The van der Waals surface area contributed by atoms with Crippen molar-refractivity contribution >= 4 is 133 Å². The van der Waals surface area contributed by atoms with Gasteiger partial charge in [-0.2, -0.15) is 10.2 Å². The zero-order valence-electron chi connectivity index (χ0n) is 63.2. The monoisotopic (exact) mass is 1940 g/mol. The number of amides is 2. The van der Waals surface area contributed by atoms with Crippen LogP contribution in [0.5, 0.6) is 0 Å². The minimum absolute atomic E-state index is 0. The summed E-state index contributed by atoms with van der Waals surface area (Å²) in [5, 5.41) is 65.7. The number of nitrogens with zero attached hydrogens (tertiary/aromatic N) is 10. The number of hydrogen-bond donors (Lipinski definition) is 11. The van der Waals surface area contributed by atoms with Gasteiger partial charge in [0.1, 0.15) is 22.3 Å². The van der Waals surface area contributed by atoms with E-state index in [9.17, 15) is 34.8 Å². The number of nitrogens with one attached hydrogen (secondary N) is 5. The van der Waals surface area contributed by atoms with E-state index in [2.05, 4.69) is 108 Å². The van der Waals surface area contributed by atoms with Gasteiger partial charge in [0.05, 0.1) is 62.2 Å². The third-order valence-corrected chi connectivity index (χ3v) is 20.7. The minimum atomic E-state index is -0.751. The van der Waals surface area contributed by atoms with E-state index in [-0.39, 0.29) is 131 Å².